The second-order valence-corrected chi connectivity index (χ2v) is 8.03. The Morgan fingerprint density at radius 3 is 2.83 bits per heavy atom. The fraction of sp³-hybridized carbons (Fsp3) is 0.250. The van der Waals surface area contributed by atoms with E-state index < -0.39 is 5.92 Å². The second-order valence-electron chi connectivity index (χ2n) is 6.56. The lowest BCUT2D eigenvalue weighted by atomic mass is 10.1. The first kappa shape index (κ1) is 19.5. The highest BCUT2D eigenvalue weighted by atomic mass is 35.5. The number of benzene rings is 2. The van der Waals surface area contributed by atoms with E-state index >= 15 is 0 Å². The Hall–Kier alpha value is -2.84. The summed E-state index contributed by atoms with van der Waals surface area (Å²) in [4.78, 5) is 31.3. The van der Waals surface area contributed by atoms with Crippen LogP contribution in [0.2, 0.25) is 5.02 Å². The maximum Gasteiger partial charge on any atom is 0.231 e. The van der Waals surface area contributed by atoms with Crippen molar-refractivity contribution in [1.29, 1.82) is 0 Å². The van der Waals surface area contributed by atoms with Gasteiger partial charge in [-0.15, -0.1) is 0 Å². The maximum atomic E-state index is 12.8. The van der Waals surface area contributed by atoms with E-state index in [1.807, 2.05) is 0 Å². The van der Waals surface area contributed by atoms with E-state index in [0.29, 0.717) is 27.3 Å². The third-order valence-electron chi connectivity index (χ3n) is 4.75. The first-order chi connectivity index (χ1) is 14.0. The fourth-order valence-corrected chi connectivity index (χ4v) is 4.43. The third-order valence-corrected chi connectivity index (χ3v) is 5.92. The molecular weight excluding hydrogens is 414 g/mol. The molecule has 1 aliphatic rings. The van der Waals surface area contributed by atoms with Crippen LogP contribution in [0.1, 0.15) is 6.42 Å². The van der Waals surface area contributed by atoms with Crippen molar-refractivity contribution in [1.82, 2.24) is 4.98 Å². The minimum Gasteiger partial charge on any atom is -0.497 e. The van der Waals surface area contributed by atoms with Gasteiger partial charge in [0.1, 0.15) is 11.5 Å². The molecule has 2 amide bonds. The van der Waals surface area contributed by atoms with Gasteiger partial charge in [-0.25, -0.2) is 4.98 Å². The standard InChI is InChI=1S/C20H18ClN3O4S/c1-27-13-4-6-16(28-2)15(9-13)24-10-11(7-18(24)25)19(26)23-20-22-14-5-3-12(21)8-17(14)29-20/h3-6,8-9,11H,7,10H2,1-2H3,(H,22,23,26)/t11-/m1/s1. The average Bonchev–Trinajstić information content (AvgIpc) is 3.29. The SMILES string of the molecule is COc1ccc(OC)c(N2C[C@H](C(=O)Nc3nc4ccc(Cl)cc4s3)CC2=O)c1. The minimum absolute atomic E-state index is 0.114. The summed E-state index contributed by atoms with van der Waals surface area (Å²) in [5, 5.41) is 3.92. The molecule has 7 nitrogen and oxygen atoms in total. The normalized spacial score (nSPS) is 16.3. The molecule has 2 aromatic carbocycles. The molecule has 3 aromatic rings. The number of thiazole rings is 1. The number of nitrogens with zero attached hydrogens (tertiary/aromatic N) is 2. The molecule has 1 aromatic heterocycles. The van der Waals surface area contributed by atoms with Crippen molar-refractivity contribution in [3.63, 3.8) is 0 Å². The Morgan fingerprint density at radius 2 is 2.07 bits per heavy atom. The number of hydrogen-bond donors (Lipinski definition) is 1. The van der Waals surface area contributed by atoms with Gasteiger partial charge in [0.2, 0.25) is 11.8 Å². The maximum absolute atomic E-state index is 12.8. The van der Waals surface area contributed by atoms with E-state index in [0.717, 1.165) is 10.2 Å². The smallest absolute Gasteiger partial charge is 0.231 e. The van der Waals surface area contributed by atoms with Crippen molar-refractivity contribution in [3.05, 3.63) is 41.4 Å². The molecule has 0 saturated carbocycles. The molecule has 29 heavy (non-hydrogen) atoms. The minimum atomic E-state index is -0.492. The number of carbonyl (C=O) groups is 2. The van der Waals surface area contributed by atoms with Gasteiger partial charge in [0.25, 0.3) is 0 Å². The number of nitrogens with one attached hydrogen (secondary N) is 1. The van der Waals surface area contributed by atoms with Crippen molar-refractivity contribution < 1.29 is 19.1 Å². The van der Waals surface area contributed by atoms with E-state index in [9.17, 15) is 9.59 Å². The Balaban J connectivity index is 1.52. The summed E-state index contributed by atoms with van der Waals surface area (Å²) in [5.74, 6) is 0.271. The van der Waals surface area contributed by atoms with Crippen LogP contribution in [0, 0.1) is 5.92 Å². The van der Waals surface area contributed by atoms with Crippen LogP contribution in [0.3, 0.4) is 0 Å². The molecule has 0 bridgehead atoms. The summed E-state index contributed by atoms with van der Waals surface area (Å²) in [7, 11) is 3.09. The van der Waals surface area contributed by atoms with Crippen LogP contribution in [-0.4, -0.2) is 37.6 Å². The molecule has 1 fully saturated rings. The van der Waals surface area contributed by atoms with E-state index in [1.54, 1.807) is 48.4 Å². The van der Waals surface area contributed by atoms with E-state index in [1.165, 1.54) is 18.4 Å². The van der Waals surface area contributed by atoms with Crippen molar-refractivity contribution in [2.75, 3.05) is 31.0 Å². The molecule has 0 spiro atoms. The molecule has 0 radical (unpaired) electrons. The molecule has 4 rings (SSSR count). The Bertz CT molecular complexity index is 1100. The number of carbonyl (C=O) groups excluding carboxylic acids is 2. The van der Waals surface area contributed by atoms with Crippen LogP contribution in [0.15, 0.2) is 36.4 Å². The van der Waals surface area contributed by atoms with Gasteiger partial charge in [-0.3, -0.25) is 9.59 Å². The molecule has 9 heteroatoms. The first-order valence-corrected chi connectivity index (χ1v) is 10.1. The van der Waals surface area contributed by atoms with Gasteiger partial charge in [-0.2, -0.15) is 0 Å². The zero-order valence-corrected chi connectivity index (χ0v) is 17.3. The quantitative estimate of drug-likeness (QED) is 0.661. The molecule has 1 aliphatic heterocycles. The van der Waals surface area contributed by atoms with Crippen LogP contribution >= 0.6 is 22.9 Å². The van der Waals surface area contributed by atoms with Crippen LogP contribution in [0.4, 0.5) is 10.8 Å². The highest BCUT2D eigenvalue weighted by Gasteiger charge is 2.36. The van der Waals surface area contributed by atoms with Crippen LogP contribution in [0.5, 0.6) is 11.5 Å². The van der Waals surface area contributed by atoms with Gasteiger partial charge in [0, 0.05) is 24.1 Å². The van der Waals surface area contributed by atoms with Crippen molar-refractivity contribution in [2.45, 2.75) is 6.42 Å². The molecule has 0 unspecified atom stereocenters. The van der Waals surface area contributed by atoms with Crippen LogP contribution in [-0.2, 0) is 9.59 Å². The largest absolute Gasteiger partial charge is 0.497 e. The number of halogens is 1. The zero-order valence-electron chi connectivity index (χ0n) is 15.8. The lowest BCUT2D eigenvalue weighted by molar-refractivity contribution is -0.122. The number of fused-ring (bicyclic) bond motifs is 1. The van der Waals surface area contributed by atoms with E-state index in [4.69, 9.17) is 21.1 Å². The summed E-state index contributed by atoms with van der Waals surface area (Å²) in [6, 6.07) is 10.6. The lowest BCUT2D eigenvalue weighted by Gasteiger charge is -2.20. The molecule has 0 aliphatic carbocycles. The monoisotopic (exact) mass is 431 g/mol. The number of amides is 2. The highest BCUT2D eigenvalue weighted by molar-refractivity contribution is 7.22. The van der Waals surface area contributed by atoms with Gasteiger partial charge in [0.05, 0.1) is 36.0 Å². The molecule has 1 atom stereocenters. The van der Waals surface area contributed by atoms with Gasteiger partial charge in [0.15, 0.2) is 5.13 Å². The summed E-state index contributed by atoms with van der Waals surface area (Å²) in [6.45, 7) is 0.255. The van der Waals surface area contributed by atoms with Gasteiger partial charge >= 0.3 is 0 Å². The lowest BCUT2D eigenvalue weighted by Crippen LogP contribution is -2.28. The van der Waals surface area contributed by atoms with Crippen LogP contribution in [0.25, 0.3) is 10.2 Å². The Morgan fingerprint density at radius 1 is 1.24 bits per heavy atom. The summed E-state index contributed by atoms with van der Waals surface area (Å²) < 4.78 is 11.5. The third kappa shape index (κ3) is 3.86. The number of rotatable bonds is 5. The molecular formula is C20H18ClN3O4S. The zero-order chi connectivity index (χ0) is 20.5. The van der Waals surface area contributed by atoms with E-state index in [2.05, 4.69) is 10.3 Å². The van der Waals surface area contributed by atoms with Gasteiger partial charge < -0.3 is 19.7 Å². The van der Waals surface area contributed by atoms with E-state index in [-0.39, 0.29) is 24.8 Å². The van der Waals surface area contributed by atoms with Gasteiger partial charge in [-0.1, -0.05) is 22.9 Å². The molecule has 1 saturated heterocycles. The number of methoxy groups -OCH3 is 2. The topological polar surface area (TPSA) is 80.8 Å². The highest BCUT2D eigenvalue weighted by Crippen LogP contribution is 2.36. The van der Waals surface area contributed by atoms with Crippen LogP contribution < -0.4 is 19.7 Å². The number of anilines is 2. The average molecular weight is 432 g/mol. The Labute approximate surface area is 176 Å². The van der Waals surface area contributed by atoms with Crippen molar-refractivity contribution >= 4 is 55.8 Å². The first-order valence-electron chi connectivity index (χ1n) is 8.88. The summed E-state index contributed by atoms with van der Waals surface area (Å²) >= 11 is 7.35. The molecule has 1 N–H and O–H groups in total. The molecule has 2 heterocycles. The fourth-order valence-electron chi connectivity index (χ4n) is 3.28. The Kier molecular flexibility index (Phi) is 5.29. The number of ether oxygens (including phenoxy) is 2. The predicted molar refractivity (Wildman–Crippen MR) is 113 cm³/mol. The second kappa shape index (κ2) is 7.88. The molecule has 150 valence electrons. The number of hydrogen-bond acceptors (Lipinski definition) is 6. The predicted octanol–water partition coefficient (Wildman–Crippen LogP) is 3.96. The number of aromatic nitrogens is 1. The van der Waals surface area contributed by atoms with Crippen molar-refractivity contribution in [3.8, 4) is 11.5 Å². The van der Waals surface area contributed by atoms with Gasteiger partial charge in [-0.05, 0) is 30.3 Å². The summed E-state index contributed by atoms with van der Waals surface area (Å²) in [5.41, 5.74) is 1.35. The summed E-state index contributed by atoms with van der Waals surface area (Å²) in [6.07, 6.45) is 0.114. The van der Waals surface area contributed by atoms with Crippen molar-refractivity contribution in [2.24, 2.45) is 5.92 Å².